The van der Waals surface area contributed by atoms with E-state index in [1.807, 2.05) is 24.3 Å². The second-order valence-electron chi connectivity index (χ2n) is 4.36. The molecule has 3 aromatic rings. The number of anilines is 1. The molecule has 0 saturated heterocycles. The molecule has 7 heteroatoms. The van der Waals surface area contributed by atoms with Gasteiger partial charge in [0.15, 0.2) is 5.65 Å². The molecule has 0 bridgehead atoms. The smallest absolute Gasteiger partial charge is 0.251 e. The first-order chi connectivity index (χ1) is 9.58. The zero-order chi connectivity index (χ0) is 14.3. The maximum absolute atomic E-state index is 11.9. The predicted octanol–water partition coefficient (Wildman–Crippen LogP) is 1.60. The van der Waals surface area contributed by atoms with Gasteiger partial charge in [0.1, 0.15) is 5.52 Å². The van der Waals surface area contributed by atoms with Crippen LogP contribution in [-0.4, -0.2) is 31.6 Å². The van der Waals surface area contributed by atoms with E-state index in [-0.39, 0.29) is 17.8 Å². The van der Waals surface area contributed by atoms with Gasteiger partial charge in [-0.05, 0) is 6.07 Å². The summed E-state index contributed by atoms with van der Waals surface area (Å²) in [7, 11) is 0. The fourth-order valence-electron chi connectivity index (χ4n) is 2.16. The Bertz CT molecular complexity index is 852. The highest BCUT2D eigenvalue weighted by Crippen LogP contribution is 2.25. The van der Waals surface area contributed by atoms with Crippen molar-refractivity contribution in [3.8, 4) is 0 Å². The number of rotatable bonds is 1. The molecule has 1 aromatic carbocycles. The van der Waals surface area contributed by atoms with Gasteiger partial charge >= 0.3 is 0 Å². The largest absolute Gasteiger partial charge is 0.293 e. The lowest BCUT2D eigenvalue weighted by atomic mass is 10.2. The average molecular weight is 269 g/mol. The van der Waals surface area contributed by atoms with Crippen molar-refractivity contribution < 1.29 is 9.59 Å². The van der Waals surface area contributed by atoms with E-state index in [4.69, 9.17) is 0 Å². The number of nitrogens with zero attached hydrogens (tertiary/aromatic N) is 4. The maximum atomic E-state index is 11.9. The molecule has 0 spiro atoms. The molecule has 100 valence electrons. The third-order valence-electron chi connectivity index (χ3n) is 2.88. The third kappa shape index (κ3) is 1.80. The summed E-state index contributed by atoms with van der Waals surface area (Å²) in [5.74, 6) is -0.391. The van der Waals surface area contributed by atoms with Crippen molar-refractivity contribution >= 4 is 39.8 Å². The summed E-state index contributed by atoms with van der Waals surface area (Å²) in [4.78, 5) is 27.1. The molecule has 0 aliphatic rings. The fourth-order valence-corrected chi connectivity index (χ4v) is 2.16. The molecular formula is C13H11N5O2. The van der Waals surface area contributed by atoms with Gasteiger partial charge in [-0.25, -0.2) is 0 Å². The number of hydrogen-bond donors (Lipinski definition) is 1. The van der Waals surface area contributed by atoms with Crippen LogP contribution in [0.15, 0.2) is 24.3 Å². The molecule has 0 aliphatic carbocycles. The lowest BCUT2D eigenvalue weighted by Crippen LogP contribution is -2.12. The molecule has 0 unspecified atom stereocenters. The summed E-state index contributed by atoms with van der Waals surface area (Å²) >= 11 is 0. The van der Waals surface area contributed by atoms with Gasteiger partial charge in [0.05, 0.1) is 5.52 Å². The molecule has 20 heavy (non-hydrogen) atoms. The van der Waals surface area contributed by atoms with Gasteiger partial charge in [-0.15, -0.1) is 10.2 Å². The highest BCUT2D eigenvalue weighted by Gasteiger charge is 2.16. The Morgan fingerprint density at radius 3 is 2.60 bits per heavy atom. The van der Waals surface area contributed by atoms with Crippen LogP contribution in [0.3, 0.4) is 0 Å². The highest BCUT2D eigenvalue weighted by atomic mass is 16.2. The van der Waals surface area contributed by atoms with Crippen LogP contribution in [0.5, 0.6) is 0 Å². The van der Waals surface area contributed by atoms with Crippen molar-refractivity contribution in [1.82, 2.24) is 19.7 Å². The van der Waals surface area contributed by atoms with Gasteiger partial charge in [0.2, 0.25) is 11.8 Å². The summed E-state index contributed by atoms with van der Waals surface area (Å²) in [5.41, 5.74) is 1.64. The van der Waals surface area contributed by atoms with Crippen molar-refractivity contribution in [2.75, 3.05) is 5.32 Å². The van der Waals surface area contributed by atoms with Crippen LogP contribution in [-0.2, 0) is 4.79 Å². The molecule has 7 nitrogen and oxygen atoms in total. The number of carbonyl (C=O) groups is 2. The number of aromatic nitrogens is 4. The van der Waals surface area contributed by atoms with Crippen molar-refractivity contribution in [2.24, 2.45) is 0 Å². The first-order valence-electron chi connectivity index (χ1n) is 6.00. The minimum absolute atomic E-state index is 0.0790. The molecular weight excluding hydrogens is 258 g/mol. The van der Waals surface area contributed by atoms with Crippen LogP contribution in [0.2, 0.25) is 0 Å². The lowest BCUT2D eigenvalue weighted by Gasteiger charge is -2.01. The quantitative estimate of drug-likeness (QED) is 0.724. The Hall–Kier alpha value is -2.83. The minimum Gasteiger partial charge on any atom is -0.293 e. The Labute approximate surface area is 113 Å². The van der Waals surface area contributed by atoms with Crippen molar-refractivity contribution in [3.63, 3.8) is 0 Å². The Morgan fingerprint density at radius 2 is 1.90 bits per heavy atom. The summed E-state index contributed by atoms with van der Waals surface area (Å²) in [6, 6.07) is 7.36. The van der Waals surface area contributed by atoms with Gasteiger partial charge < -0.3 is 0 Å². The van der Waals surface area contributed by atoms with Crippen LogP contribution in [0.25, 0.3) is 22.1 Å². The predicted molar refractivity (Wildman–Crippen MR) is 73.4 cm³/mol. The normalized spacial score (nSPS) is 10.9. The number of fused-ring (bicyclic) bond motifs is 3. The standard InChI is InChI=1S/C13H11N5O2/c1-7(19)14-13-15-12-11(16-17-13)9-5-3-4-6-10(9)18(12)8(2)20/h3-6H,1-2H3,(H,14,15,17,19). The number of nitrogens with one attached hydrogen (secondary N) is 1. The van der Waals surface area contributed by atoms with Crippen molar-refractivity contribution in [2.45, 2.75) is 13.8 Å². The molecule has 0 atom stereocenters. The Kier molecular flexibility index (Phi) is 2.67. The van der Waals surface area contributed by atoms with Crippen molar-refractivity contribution in [1.29, 1.82) is 0 Å². The molecule has 3 rings (SSSR count). The highest BCUT2D eigenvalue weighted by molar-refractivity contribution is 6.10. The SMILES string of the molecule is CC(=O)Nc1nnc2c3ccccc3n(C(C)=O)c2n1. The van der Waals surface area contributed by atoms with Crippen LogP contribution < -0.4 is 5.32 Å². The first kappa shape index (κ1) is 12.2. The zero-order valence-corrected chi connectivity index (χ0v) is 10.9. The van der Waals surface area contributed by atoms with Crippen molar-refractivity contribution in [3.05, 3.63) is 24.3 Å². The third-order valence-corrected chi connectivity index (χ3v) is 2.88. The molecule has 1 N–H and O–H groups in total. The maximum Gasteiger partial charge on any atom is 0.251 e. The van der Waals surface area contributed by atoms with Gasteiger partial charge in [0, 0.05) is 19.2 Å². The van der Waals surface area contributed by atoms with Gasteiger partial charge in [-0.3, -0.25) is 19.5 Å². The van der Waals surface area contributed by atoms with Crippen LogP contribution in [0.1, 0.15) is 18.6 Å². The average Bonchev–Trinajstić information content (AvgIpc) is 2.71. The molecule has 0 radical (unpaired) electrons. The number of amides is 1. The molecule has 0 saturated carbocycles. The topological polar surface area (TPSA) is 89.8 Å². The minimum atomic E-state index is -0.295. The summed E-state index contributed by atoms with van der Waals surface area (Å²) in [6.45, 7) is 2.81. The van der Waals surface area contributed by atoms with E-state index in [0.717, 1.165) is 10.9 Å². The Morgan fingerprint density at radius 1 is 1.15 bits per heavy atom. The van der Waals surface area contributed by atoms with Gasteiger partial charge in [-0.1, -0.05) is 18.2 Å². The van der Waals surface area contributed by atoms with E-state index in [2.05, 4.69) is 20.5 Å². The van der Waals surface area contributed by atoms with E-state index in [1.165, 1.54) is 18.4 Å². The van der Waals surface area contributed by atoms with E-state index >= 15 is 0 Å². The summed E-state index contributed by atoms with van der Waals surface area (Å²) < 4.78 is 1.46. The van der Waals surface area contributed by atoms with Crippen LogP contribution >= 0.6 is 0 Å². The monoisotopic (exact) mass is 269 g/mol. The second kappa shape index (κ2) is 4.37. The lowest BCUT2D eigenvalue weighted by molar-refractivity contribution is -0.114. The van der Waals surface area contributed by atoms with Gasteiger partial charge in [-0.2, -0.15) is 4.98 Å². The van der Waals surface area contributed by atoms with Crippen LogP contribution in [0, 0.1) is 0 Å². The second-order valence-corrected chi connectivity index (χ2v) is 4.36. The number of para-hydroxylation sites is 1. The fraction of sp³-hybridized carbons (Fsp3) is 0.154. The zero-order valence-electron chi connectivity index (χ0n) is 10.9. The molecule has 2 heterocycles. The van der Waals surface area contributed by atoms with E-state index < -0.39 is 0 Å². The number of carbonyl (C=O) groups excluding carboxylic acids is 2. The van der Waals surface area contributed by atoms with E-state index in [0.29, 0.717) is 11.2 Å². The Balaban J connectivity index is 2.38. The van der Waals surface area contributed by atoms with E-state index in [9.17, 15) is 9.59 Å². The molecule has 0 aliphatic heterocycles. The van der Waals surface area contributed by atoms with E-state index in [1.54, 1.807) is 0 Å². The number of benzene rings is 1. The first-order valence-corrected chi connectivity index (χ1v) is 6.00. The summed E-state index contributed by atoms with van der Waals surface area (Å²) in [5, 5.41) is 11.2. The molecule has 1 amide bonds. The molecule has 2 aromatic heterocycles. The van der Waals surface area contributed by atoms with Crippen LogP contribution in [0.4, 0.5) is 5.95 Å². The molecule has 0 fully saturated rings. The number of hydrogen-bond acceptors (Lipinski definition) is 5. The summed E-state index contributed by atoms with van der Waals surface area (Å²) in [6.07, 6.45) is 0. The van der Waals surface area contributed by atoms with Gasteiger partial charge in [0.25, 0.3) is 5.95 Å².